The second-order valence-electron chi connectivity index (χ2n) is 4.72. The Bertz CT molecular complexity index is 748. The van der Waals surface area contributed by atoms with E-state index in [4.69, 9.17) is 4.74 Å². The van der Waals surface area contributed by atoms with Crippen LogP contribution in [-0.2, 0) is 4.79 Å². The van der Waals surface area contributed by atoms with Gasteiger partial charge >= 0.3 is 0 Å². The van der Waals surface area contributed by atoms with Gasteiger partial charge in [0.05, 0.1) is 10.7 Å². The first-order valence-electron chi connectivity index (χ1n) is 6.65. The number of phenolic OH excluding ortho intramolecular Hbond substituents is 1. The zero-order valence-electron chi connectivity index (χ0n) is 12.2. The first-order chi connectivity index (χ1) is 11.0. The van der Waals surface area contributed by atoms with Crippen LogP contribution in [0.4, 0.5) is 0 Å². The molecule has 0 saturated heterocycles. The highest BCUT2D eigenvalue weighted by Crippen LogP contribution is 2.29. The predicted molar refractivity (Wildman–Crippen MR) is 95.9 cm³/mol. The van der Waals surface area contributed by atoms with Crippen LogP contribution in [0.15, 0.2) is 50.4 Å². The normalized spacial score (nSPS) is 10.7. The molecule has 0 atom stereocenters. The zero-order valence-corrected chi connectivity index (χ0v) is 15.4. The Morgan fingerprint density at radius 1 is 1.30 bits per heavy atom. The molecule has 2 aromatic rings. The maximum Gasteiger partial charge on any atom is 0.277 e. The van der Waals surface area contributed by atoms with Gasteiger partial charge in [0.15, 0.2) is 6.61 Å². The molecule has 1 amide bonds. The number of nitrogens with zero attached hydrogens (tertiary/aromatic N) is 1. The standard InChI is InChI=1S/C16H14Br2N2O3/c1-10-3-2-4-12(5-10)23-9-16(22)20-19-8-11-6-15(21)14(18)7-13(11)17/h2-8,21H,9H2,1H3,(H,20,22)/b19-8+. The number of carbonyl (C=O) groups is 1. The van der Waals surface area contributed by atoms with Crippen molar-refractivity contribution in [3.63, 3.8) is 0 Å². The third-order valence-electron chi connectivity index (χ3n) is 2.82. The van der Waals surface area contributed by atoms with Crippen LogP contribution in [0.5, 0.6) is 11.5 Å². The molecule has 5 nitrogen and oxygen atoms in total. The number of benzene rings is 2. The Labute approximate surface area is 150 Å². The van der Waals surface area contributed by atoms with Gasteiger partial charge in [0.1, 0.15) is 11.5 Å². The van der Waals surface area contributed by atoms with E-state index in [1.807, 2.05) is 25.1 Å². The fourth-order valence-electron chi connectivity index (χ4n) is 1.71. The summed E-state index contributed by atoms with van der Waals surface area (Å²) in [5.74, 6) is 0.341. The molecule has 2 aromatic carbocycles. The van der Waals surface area contributed by atoms with Crippen molar-refractivity contribution in [1.82, 2.24) is 5.43 Å². The summed E-state index contributed by atoms with van der Waals surface area (Å²) in [6, 6.07) is 10.6. The molecule has 0 saturated carbocycles. The summed E-state index contributed by atoms with van der Waals surface area (Å²) in [7, 11) is 0. The lowest BCUT2D eigenvalue weighted by molar-refractivity contribution is -0.123. The van der Waals surface area contributed by atoms with E-state index in [1.165, 1.54) is 12.3 Å². The number of rotatable bonds is 5. The molecule has 0 aliphatic heterocycles. The van der Waals surface area contributed by atoms with Gasteiger partial charge in [-0.3, -0.25) is 4.79 Å². The van der Waals surface area contributed by atoms with Crippen LogP contribution in [0.2, 0.25) is 0 Å². The summed E-state index contributed by atoms with van der Waals surface area (Å²) in [6.07, 6.45) is 1.43. The number of hydrazone groups is 1. The van der Waals surface area contributed by atoms with Gasteiger partial charge in [0, 0.05) is 10.0 Å². The SMILES string of the molecule is Cc1cccc(OCC(=O)N/N=C/c2cc(O)c(Br)cc2Br)c1. The minimum Gasteiger partial charge on any atom is -0.507 e. The lowest BCUT2D eigenvalue weighted by Crippen LogP contribution is -2.24. The van der Waals surface area contributed by atoms with Gasteiger partial charge in [-0.1, -0.05) is 28.1 Å². The van der Waals surface area contributed by atoms with Gasteiger partial charge in [-0.25, -0.2) is 5.43 Å². The summed E-state index contributed by atoms with van der Waals surface area (Å²) in [4.78, 5) is 11.7. The first kappa shape index (κ1) is 17.5. The number of ether oxygens (including phenoxy) is 1. The van der Waals surface area contributed by atoms with E-state index in [1.54, 1.807) is 12.1 Å². The monoisotopic (exact) mass is 440 g/mol. The lowest BCUT2D eigenvalue weighted by atomic mass is 10.2. The van der Waals surface area contributed by atoms with E-state index in [0.717, 1.165) is 10.0 Å². The second kappa shape index (κ2) is 8.12. The molecule has 0 aliphatic carbocycles. The van der Waals surface area contributed by atoms with Crippen molar-refractivity contribution in [3.8, 4) is 11.5 Å². The zero-order chi connectivity index (χ0) is 16.8. The molecule has 0 fully saturated rings. The van der Waals surface area contributed by atoms with Crippen LogP contribution < -0.4 is 10.2 Å². The molecule has 2 rings (SSSR count). The van der Waals surface area contributed by atoms with Crippen LogP contribution in [-0.4, -0.2) is 23.8 Å². The maximum atomic E-state index is 11.7. The fraction of sp³-hybridized carbons (Fsp3) is 0.125. The Kier molecular flexibility index (Phi) is 6.18. The van der Waals surface area contributed by atoms with Gasteiger partial charge in [0.25, 0.3) is 5.91 Å². The molecule has 7 heteroatoms. The van der Waals surface area contributed by atoms with Crippen molar-refractivity contribution in [3.05, 3.63) is 56.5 Å². The van der Waals surface area contributed by atoms with Crippen molar-refractivity contribution in [2.24, 2.45) is 5.10 Å². The Morgan fingerprint density at radius 2 is 2.09 bits per heavy atom. The summed E-state index contributed by atoms with van der Waals surface area (Å²) < 4.78 is 6.67. The smallest absolute Gasteiger partial charge is 0.277 e. The molecule has 0 aliphatic rings. The van der Waals surface area contributed by atoms with Crippen molar-refractivity contribution < 1.29 is 14.6 Å². The Hall–Kier alpha value is -1.86. The number of hydrogen-bond donors (Lipinski definition) is 2. The predicted octanol–water partition coefficient (Wildman–Crippen LogP) is 3.75. The van der Waals surface area contributed by atoms with E-state index < -0.39 is 0 Å². The van der Waals surface area contributed by atoms with Crippen LogP contribution in [0, 0.1) is 6.92 Å². The lowest BCUT2D eigenvalue weighted by Gasteiger charge is -2.05. The molecular formula is C16H14Br2N2O3. The average Bonchev–Trinajstić information content (AvgIpc) is 2.50. The molecular weight excluding hydrogens is 428 g/mol. The number of phenols is 1. The highest BCUT2D eigenvalue weighted by atomic mass is 79.9. The van der Waals surface area contributed by atoms with Crippen molar-refractivity contribution in [1.29, 1.82) is 0 Å². The van der Waals surface area contributed by atoms with Gasteiger partial charge in [-0.15, -0.1) is 0 Å². The Balaban J connectivity index is 1.88. The van der Waals surface area contributed by atoms with Gasteiger partial charge < -0.3 is 9.84 Å². The maximum absolute atomic E-state index is 11.7. The van der Waals surface area contributed by atoms with E-state index >= 15 is 0 Å². The number of carbonyl (C=O) groups excluding carboxylic acids is 1. The number of amides is 1. The number of nitrogens with one attached hydrogen (secondary N) is 1. The number of aryl methyl sites for hydroxylation is 1. The van der Waals surface area contributed by atoms with Gasteiger partial charge in [-0.2, -0.15) is 5.10 Å². The van der Waals surface area contributed by atoms with Crippen LogP contribution >= 0.6 is 31.9 Å². The number of aromatic hydroxyl groups is 1. The fourth-order valence-corrected chi connectivity index (χ4v) is 2.81. The minimum atomic E-state index is -0.375. The summed E-state index contributed by atoms with van der Waals surface area (Å²) >= 11 is 6.56. The van der Waals surface area contributed by atoms with Crippen molar-refractivity contribution >= 4 is 44.0 Å². The van der Waals surface area contributed by atoms with Crippen molar-refractivity contribution in [2.45, 2.75) is 6.92 Å². The second-order valence-corrected chi connectivity index (χ2v) is 6.43. The topological polar surface area (TPSA) is 70.9 Å². The van der Waals surface area contributed by atoms with E-state index in [9.17, 15) is 9.90 Å². The molecule has 0 bridgehead atoms. The molecule has 2 N–H and O–H groups in total. The molecule has 0 radical (unpaired) electrons. The highest BCUT2D eigenvalue weighted by molar-refractivity contribution is 9.11. The Morgan fingerprint density at radius 3 is 2.83 bits per heavy atom. The van der Waals surface area contributed by atoms with Gasteiger partial charge in [-0.05, 0) is 52.7 Å². The molecule has 120 valence electrons. The minimum absolute atomic E-state index is 0.0868. The summed E-state index contributed by atoms with van der Waals surface area (Å²) in [5.41, 5.74) is 4.06. The highest BCUT2D eigenvalue weighted by Gasteiger charge is 2.05. The number of hydrogen-bond acceptors (Lipinski definition) is 4. The summed E-state index contributed by atoms with van der Waals surface area (Å²) in [5, 5.41) is 13.5. The van der Waals surface area contributed by atoms with Crippen LogP contribution in [0.1, 0.15) is 11.1 Å². The van der Waals surface area contributed by atoms with Crippen LogP contribution in [0.3, 0.4) is 0 Å². The third-order valence-corrected chi connectivity index (χ3v) is 4.14. The average molecular weight is 442 g/mol. The molecule has 23 heavy (non-hydrogen) atoms. The largest absolute Gasteiger partial charge is 0.507 e. The van der Waals surface area contributed by atoms with E-state index in [0.29, 0.717) is 15.8 Å². The third kappa shape index (κ3) is 5.37. The molecule has 0 spiro atoms. The summed E-state index contributed by atoms with van der Waals surface area (Å²) in [6.45, 7) is 1.82. The van der Waals surface area contributed by atoms with Crippen molar-refractivity contribution in [2.75, 3.05) is 6.61 Å². The molecule has 0 aromatic heterocycles. The van der Waals surface area contributed by atoms with Crippen LogP contribution in [0.25, 0.3) is 0 Å². The molecule has 0 heterocycles. The van der Waals surface area contributed by atoms with E-state index in [2.05, 4.69) is 42.4 Å². The first-order valence-corrected chi connectivity index (χ1v) is 8.23. The van der Waals surface area contributed by atoms with Gasteiger partial charge in [0.2, 0.25) is 0 Å². The number of halogens is 2. The quantitative estimate of drug-likeness (QED) is 0.548. The molecule has 0 unspecified atom stereocenters. The van der Waals surface area contributed by atoms with E-state index in [-0.39, 0.29) is 18.3 Å².